The highest BCUT2D eigenvalue weighted by molar-refractivity contribution is 5.82. The number of hydrogen-bond acceptors (Lipinski definition) is 3. The fraction of sp³-hybridized carbons (Fsp3) is 0.600. The number of rotatable bonds is 4. The van der Waals surface area contributed by atoms with E-state index < -0.39 is 0 Å². The van der Waals surface area contributed by atoms with Crippen molar-refractivity contribution in [2.24, 2.45) is 5.92 Å². The third kappa shape index (κ3) is 4.23. The van der Waals surface area contributed by atoms with Gasteiger partial charge in [-0.3, -0.25) is 9.59 Å². The van der Waals surface area contributed by atoms with Crippen molar-refractivity contribution in [3.8, 4) is 0 Å². The number of amides is 2. The molecule has 0 aromatic heterocycles. The van der Waals surface area contributed by atoms with E-state index in [9.17, 15) is 14.0 Å². The second-order valence-electron chi connectivity index (χ2n) is 7.24. The zero-order chi connectivity index (χ0) is 18.5. The van der Waals surface area contributed by atoms with Gasteiger partial charge in [0.1, 0.15) is 5.82 Å². The van der Waals surface area contributed by atoms with Crippen LogP contribution < -0.4 is 5.32 Å². The number of piperidine rings is 1. The zero-order valence-electron chi connectivity index (χ0n) is 15.4. The molecule has 3 rings (SSSR count). The first-order chi connectivity index (χ1) is 12.6. The van der Waals surface area contributed by atoms with Crippen LogP contribution in [0, 0.1) is 11.7 Å². The topological polar surface area (TPSA) is 52.7 Å². The Morgan fingerprint density at radius 1 is 1.31 bits per heavy atom. The van der Waals surface area contributed by atoms with Crippen molar-refractivity contribution in [3.05, 3.63) is 35.6 Å². The van der Waals surface area contributed by atoms with Crippen LogP contribution >= 0.6 is 0 Å². The van der Waals surface area contributed by atoms with Gasteiger partial charge >= 0.3 is 0 Å². The molecule has 2 saturated heterocycles. The number of benzene rings is 1. The lowest BCUT2D eigenvalue weighted by Gasteiger charge is -2.41. The monoisotopic (exact) mass is 361 g/mol. The van der Waals surface area contributed by atoms with Gasteiger partial charge in [0.15, 0.2) is 0 Å². The Bertz CT molecular complexity index is 652. The Labute approximate surface area is 154 Å². The van der Waals surface area contributed by atoms with E-state index in [-0.39, 0.29) is 29.6 Å². The van der Waals surface area contributed by atoms with Crippen LogP contribution in [0.4, 0.5) is 4.39 Å². The first-order valence-corrected chi connectivity index (χ1v) is 9.64. The summed E-state index contributed by atoms with van der Waals surface area (Å²) in [5.41, 5.74) is 0.820. The Hall–Kier alpha value is -1.95. The number of carbonyl (C=O) groups is 2. The number of piperazine rings is 1. The number of nitrogens with zero attached hydrogens (tertiary/aromatic N) is 2. The van der Waals surface area contributed by atoms with Gasteiger partial charge in [0.2, 0.25) is 11.8 Å². The summed E-state index contributed by atoms with van der Waals surface area (Å²) in [6.07, 6.45) is 3.05. The molecule has 2 fully saturated rings. The minimum absolute atomic E-state index is 0.0924. The van der Waals surface area contributed by atoms with Gasteiger partial charge in [-0.25, -0.2) is 4.39 Å². The summed E-state index contributed by atoms with van der Waals surface area (Å²) in [5, 5.41) is 3.30. The molecule has 2 aliphatic heterocycles. The van der Waals surface area contributed by atoms with Crippen LogP contribution in [0.25, 0.3) is 0 Å². The molecule has 0 spiro atoms. The van der Waals surface area contributed by atoms with Crippen LogP contribution in [0.1, 0.15) is 44.2 Å². The lowest BCUT2D eigenvalue weighted by molar-refractivity contribution is -0.143. The minimum atomic E-state index is -0.283. The van der Waals surface area contributed by atoms with Gasteiger partial charge in [-0.15, -0.1) is 0 Å². The normalized spacial score (nSPS) is 23.8. The molecule has 142 valence electrons. The van der Waals surface area contributed by atoms with Crippen LogP contribution in [0.5, 0.6) is 0 Å². The lowest BCUT2D eigenvalue weighted by atomic mass is 9.93. The molecule has 2 aliphatic rings. The van der Waals surface area contributed by atoms with Crippen LogP contribution in [0.15, 0.2) is 24.3 Å². The van der Waals surface area contributed by atoms with Crippen molar-refractivity contribution >= 4 is 11.8 Å². The molecule has 0 aliphatic carbocycles. The molecule has 26 heavy (non-hydrogen) atoms. The van der Waals surface area contributed by atoms with Crippen molar-refractivity contribution in [1.82, 2.24) is 15.1 Å². The summed E-state index contributed by atoms with van der Waals surface area (Å²) in [4.78, 5) is 29.2. The molecule has 6 heteroatoms. The predicted molar refractivity (Wildman–Crippen MR) is 97.9 cm³/mol. The molecular weight excluding hydrogens is 333 g/mol. The first-order valence-electron chi connectivity index (χ1n) is 9.64. The van der Waals surface area contributed by atoms with E-state index in [1.54, 1.807) is 6.07 Å². The molecule has 0 bridgehead atoms. The highest BCUT2D eigenvalue weighted by Crippen LogP contribution is 2.27. The third-order valence-corrected chi connectivity index (χ3v) is 5.35. The van der Waals surface area contributed by atoms with Crippen LogP contribution in [-0.2, 0) is 9.59 Å². The molecule has 2 amide bonds. The maximum absolute atomic E-state index is 13.6. The molecule has 2 unspecified atom stereocenters. The first kappa shape index (κ1) is 18.8. The average molecular weight is 361 g/mol. The van der Waals surface area contributed by atoms with Crippen molar-refractivity contribution in [1.29, 1.82) is 0 Å². The van der Waals surface area contributed by atoms with E-state index in [1.165, 1.54) is 12.1 Å². The zero-order valence-corrected chi connectivity index (χ0v) is 15.4. The van der Waals surface area contributed by atoms with Gasteiger partial charge in [0.05, 0.1) is 12.0 Å². The lowest BCUT2D eigenvalue weighted by Crippen LogP contribution is -2.53. The molecule has 2 heterocycles. The van der Waals surface area contributed by atoms with E-state index in [0.29, 0.717) is 26.1 Å². The summed E-state index contributed by atoms with van der Waals surface area (Å²) in [7, 11) is 0. The summed E-state index contributed by atoms with van der Waals surface area (Å²) in [6, 6.07) is 6.33. The Kier molecular flexibility index (Phi) is 6.25. The van der Waals surface area contributed by atoms with Crippen molar-refractivity contribution in [2.45, 2.75) is 38.6 Å². The van der Waals surface area contributed by atoms with E-state index >= 15 is 0 Å². The van der Waals surface area contributed by atoms with Crippen LogP contribution in [0.2, 0.25) is 0 Å². The molecule has 2 atom stereocenters. The summed E-state index contributed by atoms with van der Waals surface area (Å²) in [5.74, 6) is -0.199. The summed E-state index contributed by atoms with van der Waals surface area (Å²) >= 11 is 0. The van der Waals surface area contributed by atoms with E-state index in [0.717, 1.165) is 37.9 Å². The molecule has 5 nitrogen and oxygen atoms in total. The molecule has 0 radical (unpaired) electrons. The fourth-order valence-corrected chi connectivity index (χ4v) is 3.99. The Balaban J connectivity index is 1.73. The number of hydrogen-bond donors (Lipinski definition) is 1. The van der Waals surface area contributed by atoms with Gasteiger partial charge in [-0.05, 0) is 37.0 Å². The van der Waals surface area contributed by atoms with Crippen molar-refractivity contribution in [3.63, 3.8) is 0 Å². The maximum atomic E-state index is 13.6. The highest BCUT2D eigenvalue weighted by Gasteiger charge is 2.35. The standard InChI is InChI=1S/C20H28FN3O2/c1-2-5-19(25)23-10-4-7-16(14-23)20(26)24-11-9-22-13-18(24)15-6-3-8-17(21)12-15/h3,6,8,12,16,18,22H,2,4-5,7,9-11,13-14H2,1H3. The summed E-state index contributed by atoms with van der Waals surface area (Å²) in [6.45, 7) is 5.23. The van der Waals surface area contributed by atoms with Crippen molar-refractivity contribution in [2.75, 3.05) is 32.7 Å². The van der Waals surface area contributed by atoms with Gasteiger partial charge in [0, 0.05) is 39.1 Å². The number of carbonyl (C=O) groups excluding carboxylic acids is 2. The maximum Gasteiger partial charge on any atom is 0.228 e. The average Bonchev–Trinajstić information content (AvgIpc) is 2.68. The molecule has 0 saturated carbocycles. The SMILES string of the molecule is CCCC(=O)N1CCCC(C(=O)N2CCNCC2c2cccc(F)c2)C1. The summed E-state index contributed by atoms with van der Waals surface area (Å²) < 4.78 is 13.6. The fourth-order valence-electron chi connectivity index (χ4n) is 3.99. The minimum Gasteiger partial charge on any atom is -0.342 e. The van der Waals surface area contributed by atoms with Gasteiger partial charge < -0.3 is 15.1 Å². The number of halogens is 1. The van der Waals surface area contributed by atoms with Crippen molar-refractivity contribution < 1.29 is 14.0 Å². The molecule has 1 aromatic rings. The quantitative estimate of drug-likeness (QED) is 0.896. The molecular formula is C20H28FN3O2. The van der Waals surface area contributed by atoms with E-state index in [4.69, 9.17) is 0 Å². The van der Waals surface area contributed by atoms with Crippen LogP contribution in [-0.4, -0.2) is 54.3 Å². The number of nitrogens with one attached hydrogen (secondary N) is 1. The largest absolute Gasteiger partial charge is 0.342 e. The highest BCUT2D eigenvalue weighted by atomic mass is 19.1. The number of likely N-dealkylation sites (tertiary alicyclic amines) is 1. The van der Waals surface area contributed by atoms with Gasteiger partial charge in [-0.1, -0.05) is 19.1 Å². The predicted octanol–water partition coefficient (Wildman–Crippen LogP) is 2.34. The van der Waals surface area contributed by atoms with E-state index in [1.807, 2.05) is 22.8 Å². The third-order valence-electron chi connectivity index (χ3n) is 5.35. The van der Waals surface area contributed by atoms with Crippen LogP contribution in [0.3, 0.4) is 0 Å². The molecule has 1 N–H and O–H groups in total. The van der Waals surface area contributed by atoms with Gasteiger partial charge in [-0.2, -0.15) is 0 Å². The van der Waals surface area contributed by atoms with Gasteiger partial charge in [0.25, 0.3) is 0 Å². The second-order valence-corrected chi connectivity index (χ2v) is 7.24. The molecule has 1 aromatic carbocycles. The Morgan fingerprint density at radius 3 is 2.92 bits per heavy atom. The van der Waals surface area contributed by atoms with E-state index in [2.05, 4.69) is 5.32 Å². The second kappa shape index (κ2) is 8.62. The smallest absolute Gasteiger partial charge is 0.228 e. The Morgan fingerprint density at radius 2 is 2.15 bits per heavy atom.